The SMILES string of the molecule is CC(C)(c1ccccc1)S([NH3+])=O. The van der Waals surface area contributed by atoms with Gasteiger partial charge in [-0.3, -0.25) is 5.14 Å². The molecule has 0 aliphatic carbocycles. The van der Waals surface area contributed by atoms with Gasteiger partial charge < -0.3 is 0 Å². The summed E-state index contributed by atoms with van der Waals surface area (Å²) in [5, 5.41) is 3.56. The van der Waals surface area contributed by atoms with E-state index in [1.54, 1.807) is 0 Å². The van der Waals surface area contributed by atoms with Gasteiger partial charge >= 0.3 is 0 Å². The smallest absolute Gasteiger partial charge is 0.212 e. The van der Waals surface area contributed by atoms with Crippen LogP contribution in [0.3, 0.4) is 0 Å². The summed E-state index contributed by atoms with van der Waals surface area (Å²) in [5.41, 5.74) is 1.07. The first-order valence-electron chi connectivity index (χ1n) is 3.82. The maximum Gasteiger partial charge on any atom is 0.212 e. The van der Waals surface area contributed by atoms with Crippen molar-refractivity contribution in [1.82, 2.24) is 0 Å². The van der Waals surface area contributed by atoms with E-state index in [0.717, 1.165) is 5.56 Å². The van der Waals surface area contributed by atoms with Crippen LogP contribution in [-0.4, -0.2) is 4.21 Å². The third-order valence-electron chi connectivity index (χ3n) is 2.04. The molecule has 0 saturated heterocycles. The van der Waals surface area contributed by atoms with Gasteiger partial charge in [-0.15, -0.1) is 0 Å². The lowest BCUT2D eigenvalue weighted by Gasteiger charge is -2.18. The molecule has 12 heavy (non-hydrogen) atoms. The van der Waals surface area contributed by atoms with Crippen LogP contribution < -0.4 is 5.14 Å². The molecule has 0 spiro atoms. The minimum Gasteiger partial charge on any atom is -0.272 e. The van der Waals surface area contributed by atoms with E-state index < -0.39 is 11.0 Å². The molecule has 0 saturated carbocycles. The number of quaternary nitrogens is 1. The van der Waals surface area contributed by atoms with Crippen molar-refractivity contribution in [1.29, 1.82) is 0 Å². The van der Waals surface area contributed by atoms with Crippen LogP contribution in [-0.2, 0) is 15.7 Å². The molecule has 3 N–H and O–H groups in total. The first-order valence-corrected chi connectivity index (χ1v) is 5.14. The van der Waals surface area contributed by atoms with E-state index in [1.165, 1.54) is 0 Å². The second kappa shape index (κ2) is 3.37. The molecule has 2 nitrogen and oxygen atoms in total. The molecule has 0 heterocycles. The second-order valence-corrected chi connectivity index (χ2v) is 4.93. The summed E-state index contributed by atoms with van der Waals surface area (Å²) >= 11 is 0. The maximum absolute atomic E-state index is 11.3. The lowest BCUT2D eigenvalue weighted by molar-refractivity contribution is -0.156. The van der Waals surface area contributed by atoms with Gasteiger partial charge in [0.05, 0.1) is 0 Å². The average molecular weight is 184 g/mol. The van der Waals surface area contributed by atoms with E-state index in [1.807, 2.05) is 44.2 Å². The Hall–Kier alpha value is -0.670. The van der Waals surface area contributed by atoms with Crippen molar-refractivity contribution in [2.75, 3.05) is 0 Å². The molecule has 1 rings (SSSR count). The number of benzene rings is 1. The Bertz CT molecular complexity index is 282. The molecule has 1 unspecified atom stereocenters. The van der Waals surface area contributed by atoms with E-state index in [2.05, 4.69) is 5.14 Å². The van der Waals surface area contributed by atoms with E-state index >= 15 is 0 Å². The first kappa shape index (κ1) is 9.42. The van der Waals surface area contributed by atoms with Crippen LogP contribution in [0.5, 0.6) is 0 Å². The highest BCUT2D eigenvalue weighted by Crippen LogP contribution is 2.23. The predicted octanol–water partition coefficient (Wildman–Crippen LogP) is 0.827. The predicted molar refractivity (Wildman–Crippen MR) is 50.5 cm³/mol. The fraction of sp³-hybridized carbons (Fsp3) is 0.333. The fourth-order valence-electron chi connectivity index (χ4n) is 0.971. The molecule has 0 radical (unpaired) electrons. The standard InChI is InChI=1S/C9H13NOS/c1-9(2,12(10)11)8-6-4-3-5-7-8/h3-7H,10H2,1-2H3/p+1. The van der Waals surface area contributed by atoms with Gasteiger partial charge in [0.1, 0.15) is 4.75 Å². The first-order chi connectivity index (χ1) is 5.55. The zero-order chi connectivity index (χ0) is 9.19. The fourth-order valence-corrected chi connectivity index (χ4v) is 1.37. The molecule has 0 aliphatic rings. The van der Waals surface area contributed by atoms with Crippen molar-refractivity contribution in [3.05, 3.63) is 35.9 Å². The zero-order valence-corrected chi connectivity index (χ0v) is 8.23. The van der Waals surface area contributed by atoms with Crippen molar-refractivity contribution >= 4 is 11.0 Å². The third kappa shape index (κ3) is 1.73. The highest BCUT2D eigenvalue weighted by molar-refractivity contribution is 7.78. The van der Waals surface area contributed by atoms with Crippen LogP contribution >= 0.6 is 0 Å². The molecule has 0 aromatic heterocycles. The maximum atomic E-state index is 11.3. The van der Waals surface area contributed by atoms with Crippen LogP contribution in [0, 0.1) is 0 Å². The van der Waals surface area contributed by atoms with Gasteiger partial charge in [-0.25, -0.2) is 0 Å². The molecular formula is C9H14NOS+. The summed E-state index contributed by atoms with van der Waals surface area (Å²) in [4.78, 5) is 0. The summed E-state index contributed by atoms with van der Waals surface area (Å²) in [5.74, 6) is 0. The molecule has 0 amide bonds. The minimum atomic E-state index is -1.08. The Kier molecular flexibility index (Phi) is 2.65. The largest absolute Gasteiger partial charge is 0.272 e. The van der Waals surface area contributed by atoms with Gasteiger partial charge in [0.15, 0.2) is 0 Å². The van der Waals surface area contributed by atoms with E-state index in [0.29, 0.717) is 0 Å². The normalized spacial score (nSPS) is 14.2. The lowest BCUT2D eigenvalue weighted by atomic mass is 10.0. The van der Waals surface area contributed by atoms with Crippen molar-refractivity contribution in [3.8, 4) is 0 Å². The molecule has 0 fully saturated rings. The number of hydrogen-bond acceptors (Lipinski definition) is 1. The molecule has 1 aromatic carbocycles. The summed E-state index contributed by atoms with van der Waals surface area (Å²) in [6, 6.07) is 9.80. The van der Waals surface area contributed by atoms with Gasteiger partial charge in [-0.2, -0.15) is 4.21 Å². The van der Waals surface area contributed by atoms with Crippen molar-refractivity contribution in [2.45, 2.75) is 18.6 Å². The van der Waals surface area contributed by atoms with E-state index in [4.69, 9.17) is 0 Å². The quantitative estimate of drug-likeness (QED) is 0.727. The molecule has 1 aromatic rings. The van der Waals surface area contributed by atoms with E-state index in [-0.39, 0.29) is 4.75 Å². The van der Waals surface area contributed by atoms with Crippen molar-refractivity contribution in [2.24, 2.45) is 0 Å². The average Bonchev–Trinajstić information content (AvgIpc) is 2.06. The second-order valence-electron chi connectivity index (χ2n) is 3.22. The van der Waals surface area contributed by atoms with Gasteiger partial charge in [0.2, 0.25) is 11.0 Å². The molecule has 1 atom stereocenters. The van der Waals surface area contributed by atoms with Crippen LogP contribution in [0.2, 0.25) is 0 Å². The van der Waals surface area contributed by atoms with Gasteiger partial charge in [-0.05, 0) is 19.4 Å². The minimum absolute atomic E-state index is 0.346. The molecular weight excluding hydrogens is 170 g/mol. The van der Waals surface area contributed by atoms with Crippen LogP contribution in [0.4, 0.5) is 0 Å². The van der Waals surface area contributed by atoms with Gasteiger partial charge in [0.25, 0.3) is 0 Å². The Morgan fingerprint density at radius 3 is 2.17 bits per heavy atom. The molecule has 3 heteroatoms. The number of rotatable bonds is 2. The van der Waals surface area contributed by atoms with Crippen LogP contribution in [0.25, 0.3) is 0 Å². The Morgan fingerprint density at radius 1 is 1.25 bits per heavy atom. The summed E-state index contributed by atoms with van der Waals surface area (Å²) in [6.07, 6.45) is 0. The molecule has 66 valence electrons. The van der Waals surface area contributed by atoms with Crippen LogP contribution in [0.15, 0.2) is 30.3 Å². The van der Waals surface area contributed by atoms with Crippen molar-refractivity contribution in [3.63, 3.8) is 0 Å². The van der Waals surface area contributed by atoms with Gasteiger partial charge in [-0.1, -0.05) is 30.3 Å². The summed E-state index contributed by atoms with van der Waals surface area (Å²) in [7, 11) is -1.08. The highest BCUT2D eigenvalue weighted by atomic mass is 32.2. The lowest BCUT2D eigenvalue weighted by Crippen LogP contribution is -2.58. The third-order valence-corrected chi connectivity index (χ3v) is 3.41. The van der Waals surface area contributed by atoms with Crippen LogP contribution in [0.1, 0.15) is 19.4 Å². The molecule has 0 bridgehead atoms. The summed E-state index contributed by atoms with van der Waals surface area (Å²) in [6.45, 7) is 3.87. The highest BCUT2D eigenvalue weighted by Gasteiger charge is 2.28. The Balaban J connectivity index is 3.06. The monoisotopic (exact) mass is 184 g/mol. The topological polar surface area (TPSA) is 44.7 Å². The van der Waals surface area contributed by atoms with E-state index in [9.17, 15) is 4.21 Å². The Morgan fingerprint density at radius 2 is 1.75 bits per heavy atom. The zero-order valence-electron chi connectivity index (χ0n) is 7.41. The number of hydrogen-bond donors (Lipinski definition) is 1. The summed E-state index contributed by atoms with van der Waals surface area (Å²) < 4.78 is 10.9. The molecule has 0 aliphatic heterocycles. The van der Waals surface area contributed by atoms with Crippen molar-refractivity contribution < 1.29 is 9.35 Å². The van der Waals surface area contributed by atoms with Gasteiger partial charge in [0, 0.05) is 0 Å². The Labute approximate surface area is 75.4 Å².